The highest BCUT2D eigenvalue weighted by Crippen LogP contribution is 2.23. The second kappa shape index (κ2) is 3.06. The zero-order chi connectivity index (χ0) is 10.1. The van der Waals surface area contributed by atoms with Crippen LogP contribution in [0.5, 0.6) is 0 Å². The van der Waals surface area contributed by atoms with Crippen molar-refractivity contribution in [2.24, 2.45) is 0 Å². The second-order valence-corrected chi connectivity index (χ2v) is 2.75. The summed E-state index contributed by atoms with van der Waals surface area (Å²) in [5.74, 6) is -0.938. The molecule has 1 aliphatic rings. The molecule has 1 aromatic rings. The minimum Gasteiger partial charge on any atom is -0.480 e. The van der Waals surface area contributed by atoms with Crippen molar-refractivity contribution in [1.29, 1.82) is 0 Å². The molecule has 1 fully saturated rings. The van der Waals surface area contributed by atoms with Crippen LogP contribution < -0.4 is 4.90 Å². The van der Waals surface area contributed by atoms with Gasteiger partial charge in [0.15, 0.2) is 6.04 Å². The monoisotopic (exact) mass is 197 g/mol. The van der Waals surface area contributed by atoms with E-state index in [-0.39, 0.29) is 12.5 Å². The van der Waals surface area contributed by atoms with Crippen LogP contribution >= 0.6 is 0 Å². The molecule has 0 aliphatic carbocycles. The zero-order valence-electron chi connectivity index (χ0n) is 7.04. The third kappa shape index (κ3) is 1.20. The molecule has 14 heavy (non-hydrogen) atoms. The molecular weight excluding hydrogens is 190 g/mol. The molecule has 0 bridgehead atoms. The Balaban J connectivity index is 2.31. The van der Waals surface area contributed by atoms with Crippen LogP contribution in [0.15, 0.2) is 22.8 Å². The van der Waals surface area contributed by atoms with Gasteiger partial charge in [-0.2, -0.15) is 0 Å². The molecule has 1 amide bonds. The topological polar surface area (TPSA) is 80.0 Å². The number of ether oxygens (including phenoxy) is 1. The number of furan rings is 1. The summed E-state index contributed by atoms with van der Waals surface area (Å²) in [6.45, 7) is -0.158. The number of aliphatic carboxylic acids is 1. The minimum absolute atomic E-state index is 0.158. The average Bonchev–Trinajstić information content (AvgIpc) is 2.71. The van der Waals surface area contributed by atoms with E-state index in [2.05, 4.69) is 4.74 Å². The number of hydrogen-bond acceptors (Lipinski definition) is 4. The summed E-state index contributed by atoms with van der Waals surface area (Å²) >= 11 is 0. The first-order chi connectivity index (χ1) is 6.70. The predicted molar refractivity (Wildman–Crippen MR) is 44.0 cm³/mol. The number of carboxylic acid groups (broad SMARTS) is 1. The van der Waals surface area contributed by atoms with Crippen molar-refractivity contribution in [2.75, 3.05) is 11.5 Å². The molecule has 0 saturated carbocycles. The number of anilines is 1. The smallest absolute Gasteiger partial charge is 0.417 e. The third-order valence-electron chi connectivity index (χ3n) is 1.90. The van der Waals surface area contributed by atoms with E-state index in [9.17, 15) is 9.59 Å². The molecule has 6 nitrogen and oxygen atoms in total. The molecule has 74 valence electrons. The Morgan fingerprint density at radius 3 is 3.00 bits per heavy atom. The van der Waals surface area contributed by atoms with Gasteiger partial charge in [0.1, 0.15) is 6.61 Å². The Hall–Kier alpha value is -1.98. The number of nitrogens with zero attached hydrogens (tertiary/aromatic N) is 1. The fourth-order valence-electron chi connectivity index (χ4n) is 1.25. The molecule has 2 heterocycles. The van der Waals surface area contributed by atoms with Crippen LogP contribution in [0.25, 0.3) is 0 Å². The number of carboxylic acids is 1. The molecule has 1 aliphatic heterocycles. The van der Waals surface area contributed by atoms with Crippen molar-refractivity contribution in [2.45, 2.75) is 6.04 Å². The van der Waals surface area contributed by atoms with Crippen molar-refractivity contribution in [3.05, 3.63) is 18.4 Å². The van der Waals surface area contributed by atoms with Gasteiger partial charge < -0.3 is 14.3 Å². The molecule has 1 N–H and O–H groups in total. The van der Waals surface area contributed by atoms with Gasteiger partial charge in [0.25, 0.3) is 0 Å². The van der Waals surface area contributed by atoms with Gasteiger partial charge in [-0.15, -0.1) is 0 Å². The highest BCUT2D eigenvalue weighted by molar-refractivity contribution is 5.96. The van der Waals surface area contributed by atoms with E-state index in [1.165, 1.54) is 12.3 Å². The Morgan fingerprint density at radius 1 is 1.64 bits per heavy atom. The van der Waals surface area contributed by atoms with E-state index < -0.39 is 18.1 Å². The SMILES string of the molecule is O=C(O)C1COC(=O)N1c1ccco1. The van der Waals surface area contributed by atoms with Crippen molar-refractivity contribution < 1.29 is 23.8 Å². The molecule has 1 saturated heterocycles. The van der Waals surface area contributed by atoms with E-state index >= 15 is 0 Å². The van der Waals surface area contributed by atoms with Gasteiger partial charge in [0, 0.05) is 6.07 Å². The molecule has 0 radical (unpaired) electrons. The van der Waals surface area contributed by atoms with Crippen molar-refractivity contribution in [1.82, 2.24) is 0 Å². The first kappa shape index (κ1) is 8.61. The summed E-state index contributed by atoms with van der Waals surface area (Å²) in [4.78, 5) is 22.9. The molecule has 1 unspecified atom stereocenters. The first-order valence-electron chi connectivity index (χ1n) is 3.92. The van der Waals surface area contributed by atoms with Crippen molar-refractivity contribution >= 4 is 17.9 Å². The number of amides is 1. The van der Waals surface area contributed by atoms with Crippen LogP contribution in [-0.2, 0) is 9.53 Å². The maximum absolute atomic E-state index is 11.2. The van der Waals surface area contributed by atoms with Gasteiger partial charge in [-0.25, -0.2) is 14.5 Å². The van der Waals surface area contributed by atoms with E-state index in [0.717, 1.165) is 4.90 Å². The van der Waals surface area contributed by atoms with Gasteiger partial charge in [-0.3, -0.25) is 0 Å². The molecular formula is C8H7NO5. The Morgan fingerprint density at radius 2 is 2.43 bits per heavy atom. The van der Waals surface area contributed by atoms with Crippen molar-refractivity contribution in [3.8, 4) is 0 Å². The average molecular weight is 197 g/mol. The zero-order valence-corrected chi connectivity index (χ0v) is 7.04. The number of rotatable bonds is 2. The largest absolute Gasteiger partial charge is 0.480 e. The van der Waals surface area contributed by atoms with Crippen LogP contribution in [0.1, 0.15) is 0 Å². The predicted octanol–water partition coefficient (Wildman–Crippen LogP) is 0.689. The lowest BCUT2D eigenvalue weighted by Crippen LogP contribution is -2.39. The Bertz CT molecular complexity index is 358. The summed E-state index contributed by atoms with van der Waals surface area (Å²) < 4.78 is 9.54. The van der Waals surface area contributed by atoms with Crippen LogP contribution in [0.2, 0.25) is 0 Å². The van der Waals surface area contributed by atoms with Crippen LogP contribution in [0.4, 0.5) is 10.7 Å². The number of hydrogen-bond donors (Lipinski definition) is 1. The summed E-state index contributed by atoms with van der Waals surface area (Å²) in [6, 6.07) is 2.07. The maximum Gasteiger partial charge on any atom is 0.417 e. The number of carbonyl (C=O) groups excluding carboxylic acids is 1. The molecule has 2 rings (SSSR count). The minimum atomic E-state index is -1.12. The molecule has 0 spiro atoms. The first-order valence-corrected chi connectivity index (χ1v) is 3.92. The lowest BCUT2D eigenvalue weighted by Gasteiger charge is -2.13. The van der Waals surface area contributed by atoms with Crippen LogP contribution in [0.3, 0.4) is 0 Å². The quantitative estimate of drug-likeness (QED) is 0.754. The fourth-order valence-corrected chi connectivity index (χ4v) is 1.25. The van der Waals surface area contributed by atoms with Gasteiger partial charge in [0.2, 0.25) is 5.88 Å². The molecule has 0 aromatic carbocycles. The summed E-state index contributed by atoms with van der Waals surface area (Å²) in [5, 5.41) is 8.78. The standard InChI is InChI=1S/C8H7NO5/c10-7(11)5-4-14-8(12)9(5)6-2-1-3-13-6/h1-3,5H,4H2,(H,10,11). The van der Waals surface area contributed by atoms with Crippen LogP contribution in [0, 0.1) is 0 Å². The molecule has 1 atom stereocenters. The lowest BCUT2D eigenvalue weighted by molar-refractivity contribution is -0.138. The molecule has 1 aromatic heterocycles. The van der Waals surface area contributed by atoms with Gasteiger partial charge in [-0.05, 0) is 6.07 Å². The summed E-state index contributed by atoms with van der Waals surface area (Å²) in [7, 11) is 0. The Labute approximate surface area is 78.7 Å². The van der Waals surface area contributed by atoms with E-state index in [0.29, 0.717) is 0 Å². The fraction of sp³-hybridized carbons (Fsp3) is 0.250. The van der Waals surface area contributed by atoms with Gasteiger partial charge in [-0.1, -0.05) is 0 Å². The number of carbonyl (C=O) groups is 2. The van der Waals surface area contributed by atoms with E-state index in [4.69, 9.17) is 9.52 Å². The molecule has 6 heteroatoms. The Kier molecular flexibility index (Phi) is 1.88. The van der Waals surface area contributed by atoms with Crippen molar-refractivity contribution in [3.63, 3.8) is 0 Å². The normalized spacial score (nSPS) is 21.0. The lowest BCUT2D eigenvalue weighted by atomic mass is 10.3. The van der Waals surface area contributed by atoms with Gasteiger partial charge in [0.05, 0.1) is 6.26 Å². The van der Waals surface area contributed by atoms with E-state index in [1.54, 1.807) is 6.07 Å². The second-order valence-electron chi connectivity index (χ2n) is 2.75. The maximum atomic E-state index is 11.2. The van der Waals surface area contributed by atoms with Crippen LogP contribution in [-0.4, -0.2) is 29.8 Å². The summed E-state index contributed by atoms with van der Waals surface area (Å²) in [5.41, 5.74) is 0. The van der Waals surface area contributed by atoms with Gasteiger partial charge >= 0.3 is 12.1 Å². The summed E-state index contributed by atoms with van der Waals surface area (Å²) in [6.07, 6.45) is 0.659. The highest BCUT2D eigenvalue weighted by Gasteiger charge is 2.40. The highest BCUT2D eigenvalue weighted by atomic mass is 16.6. The third-order valence-corrected chi connectivity index (χ3v) is 1.90. The number of cyclic esters (lactones) is 1. The van der Waals surface area contributed by atoms with E-state index in [1.807, 2.05) is 0 Å².